The van der Waals surface area contributed by atoms with Crippen molar-refractivity contribution in [2.24, 2.45) is 0 Å². The van der Waals surface area contributed by atoms with Gasteiger partial charge in [-0.15, -0.1) is 0 Å². The van der Waals surface area contributed by atoms with E-state index < -0.39 is 8.07 Å². The largest absolute Gasteiger partial charge is 0.278 e. The normalized spacial score (nSPS) is 16.2. The monoisotopic (exact) mass is 668 g/mol. The van der Waals surface area contributed by atoms with Crippen molar-refractivity contribution in [3.8, 4) is 28.7 Å². The molecule has 9 rings (SSSR count). The van der Waals surface area contributed by atoms with Crippen LogP contribution < -0.4 is 10.4 Å². The molecule has 248 valence electrons. The fraction of sp³-hybridized carbons (Fsp3) is 0.267. The summed E-state index contributed by atoms with van der Waals surface area (Å²) in [5, 5.41) is 5.60. The maximum Gasteiger partial charge on any atom is 0.238 e. The molecule has 50 heavy (non-hydrogen) atoms. The van der Waals surface area contributed by atoms with Crippen molar-refractivity contribution in [3.63, 3.8) is 0 Å². The van der Waals surface area contributed by atoms with Gasteiger partial charge in [0.05, 0.1) is 11.0 Å². The Morgan fingerprint density at radius 2 is 0.920 bits per heavy atom. The zero-order valence-electron chi connectivity index (χ0n) is 28.7. The molecule has 0 spiro atoms. The van der Waals surface area contributed by atoms with Gasteiger partial charge in [0.2, 0.25) is 5.95 Å². The summed E-state index contributed by atoms with van der Waals surface area (Å²) in [6.07, 6.45) is 13.6. The smallest absolute Gasteiger partial charge is 0.238 e. The Bertz CT molecular complexity index is 2180. The zero-order chi connectivity index (χ0) is 33.3. The van der Waals surface area contributed by atoms with Crippen LogP contribution in [0.2, 0.25) is 11.1 Å². The summed E-state index contributed by atoms with van der Waals surface area (Å²) in [6.45, 7) is 0. The predicted octanol–water partition coefficient (Wildman–Crippen LogP) is 10.5. The molecule has 0 N–H and O–H groups in total. The molecular formula is C45H44N4Si. The lowest BCUT2D eigenvalue weighted by atomic mass is 9.99. The third-order valence-corrected chi connectivity index (χ3v) is 18.1. The van der Waals surface area contributed by atoms with Crippen molar-refractivity contribution < 1.29 is 0 Å². The minimum absolute atomic E-state index is 0.655. The number of aromatic nitrogens is 4. The number of nitrogens with zero attached hydrogens (tertiary/aromatic N) is 4. The summed E-state index contributed by atoms with van der Waals surface area (Å²) in [4.78, 5) is 15.8. The molecule has 5 aromatic carbocycles. The number of hydrogen-bond donors (Lipinski definition) is 0. The number of hydrogen-bond acceptors (Lipinski definition) is 3. The molecule has 5 heteroatoms. The van der Waals surface area contributed by atoms with Crippen molar-refractivity contribution in [1.29, 1.82) is 0 Å². The summed E-state index contributed by atoms with van der Waals surface area (Å²) in [6, 6.07) is 48.8. The van der Waals surface area contributed by atoms with Gasteiger partial charge in [0.15, 0.2) is 11.6 Å². The third kappa shape index (κ3) is 5.39. The average Bonchev–Trinajstić information content (AvgIpc) is 3.54. The highest BCUT2D eigenvalue weighted by Gasteiger charge is 2.50. The second kappa shape index (κ2) is 13.4. The highest BCUT2D eigenvalue weighted by atomic mass is 28.3. The summed E-state index contributed by atoms with van der Waals surface area (Å²) in [5.74, 6) is 2.09. The van der Waals surface area contributed by atoms with E-state index in [4.69, 9.17) is 15.0 Å². The molecule has 2 saturated carbocycles. The van der Waals surface area contributed by atoms with Gasteiger partial charge < -0.3 is 0 Å². The Labute approximate surface area is 296 Å². The van der Waals surface area contributed by atoms with Crippen molar-refractivity contribution in [3.05, 3.63) is 133 Å². The summed E-state index contributed by atoms with van der Waals surface area (Å²) in [7, 11) is -2.20. The summed E-state index contributed by atoms with van der Waals surface area (Å²) in [5.41, 5.74) is 5.79. The van der Waals surface area contributed by atoms with Gasteiger partial charge in [-0.05, 0) is 23.2 Å². The highest BCUT2D eigenvalue weighted by molar-refractivity contribution is 7.04. The van der Waals surface area contributed by atoms with E-state index in [0.29, 0.717) is 11.8 Å². The van der Waals surface area contributed by atoms with E-state index in [-0.39, 0.29) is 0 Å². The molecule has 0 aliphatic heterocycles. The first kappa shape index (κ1) is 31.1. The average molecular weight is 669 g/mol. The zero-order valence-corrected chi connectivity index (χ0v) is 29.7. The van der Waals surface area contributed by atoms with Crippen LogP contribution >= 0.6 is 0 Å². The first-order chi connectivity index (χ1) is 24.8. The van der Waals surface area contributed by atoms with Gasteiger partial charge >= 0.3 is 0 Å². The molecular weight excluding hydrogens is 625 g/mol. The first-order valence-electron chi connectivity index (χ1n) is 18.8. The van der Waals surface area contributed by atoms with Crippen molar-refractivity contribution in [2.75, 3.05) is 0 Å². The third-order valence-electron chi connectivity index (χ3n) is 11.8. The summed E-state index contributed by atoms with van der Waals surface area (Å²) >= 11 is 0. The van der Waals surface area contributed by atoms with Crippen molar-refractivity contribution in [1.82, 2.24) is 19.5 Å². The van der Waals surface area contributed by atoms with E-state index >= 15 is 0 Å². The van der Waals surface area contributed by atoms with Gasteiger partial charge in [0.25, 0.3) is 0 Å². The number of rotatable bonds is 7. The van der Waals surface area contributed by atoms with Gasteiger partial charge in [0, 0.05) is 21.9 Å². The molecule has 7 aromatic rings. The maximum absolute atomic E-state index is 5.35. The second-order valence-corrected chi connectivity index (χ2v) is 19.0. The fourth-order valence-electron chi connectivity index (χ4n) is 9.64. The molecule has 0 bridgehead atoms. The Morgan fingerprint density at radius 3 is 1.52 bits per heavy atom. The van der Waals surface area contributed by atoms with E-state index in [1.54, 1.807) is 10.4 Å². The van der Waals surface area contributed by atoms with Crippen LogP contribution in [0.5, 0.6) is 0 Å². The van der Waals surface area contributed by atoms with E-state index in [1.807, 2.05) is 6.07 Å². The molecule has 0 saturated heterocycles. The van der Waals surface area contributed by atoms with Crippen molar-refractivity contribution in [2.45, 2.75) is 75.3 Å². The van der Waals surface area contributed by atoms with Gasteiger partial charge in [-0.2, -0.15) is 9.97 Å². The fourth-order valence-corrected chi connectivity index (χ4v) is 16.7. The summed E-state index contributed by atoms with van der Waals surface area (Å²) < 4.78 is 2.22. The Kier molecular flexibility index (Phi) is 8.37. The Morgan fingerprint density at radius 1 is 0.440 bits per heavy atom. The van der Waals surface area contributed by atoms with Gasteiger partial charge in [-0.3, -0.25) is 4.57 Å². The van der Waals surface area contributed by atoms with Crippen LogP contribution in [0, 0.1) is 0 Å². The quantitative estimate of drug-likeness (QED) is 0.159. The molecule has 2 fully saturated rings. The molecule has 2 aromatic heterocycles. The van der Waals surface area contributed by atoms with Crippen LogP contribution in [-0.4, -0.2) is 27.6 Å². The number of fused-ring (bicyclic) bond motifs is 3. The van der Waals surface area contributed by atoms with Gasteiger partial charge in [-0.25, -0.2) is 4.98 Å². The molecule has 2 aliphatic rings. The minimum Gasteiger partial charge on any atom is -0.278 e. The molecule has 2 heterocycles. The van der Waals surface area contributed by atoms with E-state index in [1.165, 1.54) is 75.0 Å². The first-order valence-corrected chi connectivity index (χ1v) is 20.9. The van der Waals surface area contributed by atoms with Gasteiger partial charge in [-0.1, -0.05) is 196 Å². The van der Waals surface area contributed by atoms with Crippen molar-refractivity contribution >= 4 is 40.3 Å². The Hall–Kier alpha value is -4.87. The van der Waals surface area contributed by atoms with Crippen LogP contribution in [0.4, 0.5) is 0 Å². The molecule has 0 atom stereocenters. The minimum atomic E-state index is -2.20. The van der Waals surface area contributed by atoms with E-state index in [2.05, 4.69) is 132 Å². The van der Waals surface area contributed by atoms with Gasteiger partial charge in [0.1, 0.15) is 8.07 Å². The standard InChI is InChI=1S/C45H44N4Si/c1-5-18-33(19-6-1)43-46-44(48-45(47-43)49-41-30-15-13-28-39(41)40-29-14-16-31-42(40)49)34-20-17-27-38(32-34)50(35-21-7-2-8-22-35,36-23-9-3-10-24-36)37-25-11-4-12-26-37/h1-2,5-8,13-22,27-32,36-37H,3-4,9-12,23-26H2. The second-order valence-electron chi connectivity index (χ2n) is 14.5. The SMILES string of the molecule is c1ccc(-c2nc(-c3cccc([Si](c4ccccc4)(C4CCCCC4)C4CCCCC4)c3)nc(-n3c4ccccc4c4ccccc43)n2)cc1. The van der Waals surface area contributed by atoms with Crippen LogP contribution in [0.25, 0.3) is 50.5 Å². The lowest BCUT2D eigenvalue weighted by molar-refractivity contribution is 0.459. The van der Waals surface area contributed by atoms with Crippen LogP contribution in [-0.2, 0) is 0 Å². The topological polar surface area (TPSA) is 43.6 Å². The molecule has 0 unspecified atom stereocenters. The maximum atomic E-state index is 5.35. The predicted molar refractivity (Wildman–Crippen MR) is 210 cm³/mol. The van der Waals surface area contributed by atoms with E-state index in [0.717, 1.165) is 39.1 Å². The lowest BCUT2D eigenvalue weighted by Gasteiger charge is -2.48. The van der Waals surface area contributed by atoms with E-state index in [9.17, 15) is 0 Å². The number of para-hydroxylation sites is 2. The number of benzene rings is 5. The highest BCUT2D eigenvalue weighted by Crippen LogP contribution is 2.48. The molecule has 0 radical (unpaired) electrons. The van der Waals surface area contributed by atoms with Crippen LogP contribution in [0.1, 0.15) is 64.2 Å². The lowest BCUT2D eigenvalue weighted by Crippen LogP contribution is -2.65. The molecule has 2 aliphatic carbocycles. The molecule has 0 amide bonds. The molecule has 4 nitrogen and oxygen atoms in total. The Balaban J connectivity index is 1.27. The van der Waals surface area contributed by atoms with Crippen LogP contribution in [0.15, 0.2) is 133 Å². The van der Waals surface area contributed by atoms with Crippen LogP contribution in [0.3, 0.4) is 0 Å².